The van der Waals surface area contributed by atoms with Crippen LogP contribution in [0.25, 0.3) is 21.2 Å². The number of furan rings is 1. The topological polar surface area (TPSA) is 68.0 Å². The number of methoxy groups -OCH3 is 2. The molecule has 0 bridgehead atoms. The fourth-order valence-electron chi connectivity index (χ4n) is 3.44. The van der Waals surface area contributed by atoms with Crippen LogP contribution in [0.1, 0.15) is 17.0 Å². The van der Waals surface area contributed by atoms with Crippen molar-refractivity contribution in [2.24, 2.45) is 0 Å². The molecule has 8 heteroatoms. The summed E-state index contributed by atoms with van der Waals surface area (Å²) in [5.41, 5.74) is 1.36. The van der Waals surface area contributed by atoms with Gasteiger partial charge in [-0.2, -0.15) is 0 Å². The maximum atomic E-state index is 13.5. The lowest BCUT2D eigenvalue weighted by molar-refractivity contribution is 0.0961. The van der Waals surface area contributed by atoms with Gasteiger partial charge in [-0.15, -0.1) is 0 Å². The lowest BCUT2D eigenvalue weighted by atomic mass is 10.2. The molecule has 0 saturated heterocycles. The number of nitrogens with zero attached hydrogens (tertiary/aromatic N) is 3. The first-order chi connectivity index (χ1) is 15.0. The maximum Gasteiger partial charge on any atom is 0.295 e. The van der Waals surface area contributed by atoms with Crippen LogP contribution in [0.4, 0.5) is 5.13 Å². The summed E-state index contributed by atoms with van der Waals surface area (Å²) in [5, 5.41) is 1.48. The second kappa shape index (κ2) is 8.95. The fraction of sp³-hybridized carbons (Fsp3) is 0.304. The van der Waals surface area contributed by atoms with E-state index in [1.54, 1.807) is 25.2 Å². The predicted octanol–water partition coefficient (Wildman–Crippen LogP) is 4.66. The smallest absolute Gasteiger partial charge is 0.295 e. The van der Waals surface area contributed by atoms with E-state index >= 15 is 0 Å². The molecule has 2 aromatic carbocycles. The van der Waals surface area contributed by atoms with Gasteiger partial charge in [-0.25, -0.2) is 4.98 Å². The summed E-state index contributed by atoms with van der Waals surface area (Å²) in [6.45, 7) is 1.36. The van der Waals surface area contributed by atoms with Gasteiger partial charge in [0.25, 0.3) is 5.91 Å². The predicted molar refractivity (Wildman–Crippen MR) is 124 cm³/mol. The van der Waals surface area contributed by atoms with Crippen LogP contribution in [0.2, 0.25) is 0 Å². The number of rotatable bonds is 8. The fourth-order valence-corrected chi connectivity index (χ4v) is 4.54. The van der Waals surface area contributed by atoms with Crippen molar-refractivity contribution in [3.63, 3.8) is 0 Å². The molecule has 0 fully saturated rings. The van der Waals surface area contributed by atoms with Gasteiger partial charge in [0.1, 0.15) is 27.3 Å². The van der Waals surface area contributed by atoms with Crippen LogP contribution in [0, 0.1) is 0 Å². The zero-order valence-corrected chi connectivity index (χ0v) is 18.9. The number of amides is 1. The van der Waals surface area contributed by atoms with Crippen LogP contribution >= 0.6 is 11.3 Å². The zero-order valence-electron chi connectivity index (χ0n) is 18.0. The van der Waals surface area contributed by atoms with Crippen molar-refractivity contribution < 1.29 is 18.7 Å². The highest BCUT2D eigenvalue weighted by atomic mass is 32.1. The van der Waals surface area contributed by atoms with Crippen LogP contribution < -0.4 is 14.4 Å². The average molecular weight is 440 g/mol. The maximum absolute atomic E-state index is 13.5. The van der Waals surface area contributed by atoms with Gasteiger partial charge in [0.2, 0.25) is 0 Å². The van der Waals surface area contributed by atoms with Gasteiger partial charge < -0.3 is 18.8 Å². The largest absolute Gasteiger partial charge is 0.495 e. The van der Waals surface area contributed by atoms with Crippen LogP contribution in [-0.2, 0) is 0 Å². The van der Waals surface area contributed by atoms with Crippen LogP contribution in [-0.4, -0.2) is 57.2 Å². The molecular weight excluding hydrogens is 414 g/mol. The molecule has 0 saturated carbocycles. The highest BCUT2D eigenvalue weighted by Crippen LogP contribution is 2.40. The molecule has 0 N–H and O–H groups in total. The molecule has 0 unspecified atom stereocenters. The Bertz CT molecular complexity index is 1140. The summed E-state index contributed by atoms with van der Waals surface area (Å²) in [4.78, 5) is 22.0. The molecule has 0 aliphatic heterocycles. The van der Waals surface area contributed by atoms with Gasteiger partial charge in [0.15, 0.2) is 10.9 Å². The number of anilines is 1. The molecular formula is C23H25N3O4S. The van der Waals surface area contributed by atoms with Gasteiger partial charge in [0.05, 0.1) is 14.2 Å². The molecule has 4 aromatic rings. The molecule has 0 radical (unpaired) electrons. The molecule has 31 heavy (non-hydrogen) atoms. The number of fused-ring (bicyclic) bond motifs is 2. The Hall–Kier alpha value is -3.10. The second-order valence-electron chi connectivity index (χ2n) is 7.41. The number of para-hydroxylation sites is 1. The SMILES string of the molecule is COc1ccc(OC)c2sc(N(CCCN(C)C)C(=O)c3cc4ccccc4o3)nc12. The van der Waals surface area contributed by atoms with Gasteiger partial charge >= 0.3 is 0 Å². The summed E-state index contributed by atoms with van der Waals surface area (Å²) >= 11 is 1.41. The number of carbonyl (C=O) groups excluding carboxylic acids is 1. The monoisotopic (exact) mass is 439 g/mol. The van der Waals surface area contributed by atoms with E-state index in [0.29, 0.717) is 40.0 Å². The molecule has 2 heterocycles. The summed E-state index contributed by atoms with van der Waals surface area (Å²) in [6.07, 6.45) is 0.795. The third kappa shape index (κ3) is 4.22. The van der Waals surface area contributed by atoms with E-state index in [4.69, 9.17) is 18.9 Å². The highest BCUT2D eigenvalue weighted by Gasteiger charge is 2.26. The third-order valence-electron chi connectivity index (χ3n) is 5.00. The van der Waals surface area contributed by atoms with Crippen molar-refractivity contribution in [2.75, 3.05) is 46.3 Å². The molecule has 7 nitrogen and oxygen atoms in total. The average Bonchev–Trinajstić information content (AvgIpc) is 3.40. The Morgan fingerprint density at radius 1 is 1.06 bits per heavy atom. The van der Waals surface area contributed by atoms with Crippen LogP contribution in [0.5, 0.6) is 11.5 Å². The van der Waals surface area contributed by atoms with Crippen molar-refractivity contribution in [2.45, 2.75) is 6.42 Å². The van der Waals surface area contributed by atoms with E-state index in [2.05, 4.69) is 4.90 Å². The minimum absolute atomic E-state index is 0.216. The van der Waals surface area contributed by atoms with E-state index in [0.717, 1.165) is 23.1 Å². The lowest BCUT2D eigenvalue weighted by Gasteiger charge is -2.19. The Labute approximate surface area is 184 Å². The molecule has 4 rings (SSSR count). The third-order valence-corrected chi connectivity index (χ3v) is 6.09. The minimum atomic E-state index is -0.216. The Balaban J connectivity index is 1.76. The van der Waals surface area contributed by atoms with Crippen molar-refractivity contribution >= 4 is 43.6 Å². The Kier molecular flexibility index (Phi) is 6.11. The van der Waals surface area contributed by atoms with E-state index in [-0.39, 0.29) is 5.91 Å². The van der Waals surface area contributed by atoms with Crippen molar-refractivity contribution in [3.8, 4) is 11.5 Å². The molecule has 162 valence electrons. The quantitative estimate of drug-likeness (QED) is 0.398. The number of thiazole rings is 1. The van der Waals surface area contributed by atoms with Gasteiger partial charge in [-0.05, 0) is 51.3 Å². The first-order valence-corrected chi connectivity index (χ1v) is 10.8. The second-order valence-corrected chi connectivity index (χ2v) is 8.38. The lowest BCUT2D eigenvalue weighted by Crippen LogP contribution is -2.33. The molecule has 1 amide bonds. The summed E-state index contributed by atoms with van der Waals surface area (Å²) in [5.74, 6) is 1.42. The van der Waals surface area contributed by atoms with E-state index in [9.17, 15) is 4.79 Å². The highest BCUT2D eigenvalue weighted by molar-refractivity contribution is 7.22. The van der Waals surface area contributed by atoms with Crippen molar-refractivity contribution in [1.29, 1.82) is 0 Å². The zero-order chi connectivity index (χ0) is 22.0. The molecule has 0 aliphatic rings. The van der Waals surface area contributed by atoms with E-state index in [1.165, 1.54) is 11.3 Å². The normalized spacial score (nSPS) is 11.4. The molecule has 0 spiro atoms. The summed E-state index contributed by atoms with van der Waals surface area (Å²) in [6, 6.07) is 13.1. The number of aromatic nitrogens is 1. The molecule has 0 aliphatic carbocycles. The number of benzene rings is 2. The van der Waals surface area contributed by atoms with Gasteiger partial charge in [-0.1, -0.05) is 29.5 Å². The number of carbonyl (C=O) groups is 1. The van der Waals surface area contributed by atoms with Crippen LogP contribution in [0.15, 0.2) is 46.9 Å². The van der Waals surface area contributed by atoms with Crippen molar-refractivity contribution in [3.05, 3.63) is 48.2 Å². The number of ether oxygens (including phenoxy) is 2. The number of hydrogen-bond donors (Lipinski definition) is 0. The summed E-state index contributed by atoms with van der Waals surface area (Å²) < 4.78 is 17.7. The van der Waals surface area contributed by atoms with E-state index in [1.807, 2.05) is 50.5 Å². The first-order valence-electron chi connectivity index (χ1n) is 9.98. The molecule has 0 atom stereocenters. The van der Waals surface area contributed by atoms with Gasteiger partial charge in [0, 0.05) is 11.9 Å². The molecule has 2 aromatic heterocycles. The Morgan fingerprint density at radius 2 is 1.81 bits per heavy atom. The van der Waals surface area contributed by atoms with Crippen LogP contribution in [0.3, 0.4) is 0 Å². The first kappa shape index (κ1) is 21.1. The number of hydrogen-bond acceptors (Lipinski definition) is 7. The van der Waals surface area contributed by atoms with Crippen molar-refractivity contribution in [1.82, 2.24) is 9.88 Å². The summed E-state index contributed by atoms with van der Waals surface area (Å²) in [7, 11) is 7.25. The Morgan fingerprint density at radius 3 is 2.52 bits per heavy atom. The van der Waals surface area contributed by atoms with Gasteiger partial charge in [-0.3, -0.25) is 9.69 Å². The minimum Gasteiger partial charge on any atom is -0.495 e. The standard InChI is InChI=1S/C23H25N3O4S/c1-25(2)12-7-13-26(22(27)19-14-15-8-5-6-9-16(15)30-19)23-24-20-17(28-3)10-11-18(29-4)21(20)31-23/h5-6,8-11,14H,7,12-13H2,1-4H3. The van der Waals surface area contributed by atoms with E-state index < -0.39 is 0 Å².